The van der Waals surface area contributed by atoms with E-state index in [0.717, 1.165) is 11.3 Å². The first-order chi connectivity index (χ1) is 12.2. The Morgan fingerprint density at radius 3 is 2.60 bits per heavy atom. The lowest BCUT2D eigenvalue weighted by Gasteiger charge is -2.16. The fraction of sp³-hybridized carbons (Fsp3) is 0.316. The lowest BCUT2D eigenvalue weighted by atomic mass is 10.2. The van der Waals surface area contributed by atoms with Crippen molar-refractivity contribution in [3.05, 3.63) is 54.1 Å². The highest BCUT2D eigenvalue weighted by Crippen LogP contribution is 2.31. The quantitative estimate of drug-likeness (QED) is 0.510. The van der Waals surface area contributed by atoms with Gasteiger partial charge in [0.25, 0.3) is 0 Å². The summed E-state index contributed by atoms with van der Waals surface area (Å²) in [6, 6.07) is 15.5. The van der Waals surface area contributed by atoms with Crippen molar-refractivity contribution in [1.29, 1.82) is 0 Å². The van der Waals surface area contributed by atoms with Crippen molar-refractivity contribution < 1.29 is 19.0 Å². The van der Waals surface area contributed by atoms with Gasteiger partial charge in [0, 0.05) is 17.8 Å². The van der Waals surface area contributed by atoms with Gasteiger partial charge in [0.1, 0.15) is 0 Å². The topological polar surface area (TPSA) is 68.8 Å². The van der Waals surface area contributed by atoms with E-state index in [-0.39, 0.29) is 19.0 Å². The zero-order valence-electron chi connectivity index (χ0n) is 14.6. The first-order valence-electron chi connectivity index (χ1n) is 8.22. The molecule has 0 saturated carbocycles. The summed E-state index contributed by atoms with van der Waals surface area (Å²) < 4.78 is 16.1. The van der Waals surface area contributed by atoms with Crippen molar-refractivity contribution in [2.24, 2.45) is 0 Å². The van der Waals surface area contributed by atoms with Gasteiger partial charge < -0.3 is 19.6 Å². The molecule has 0 aromatic heterocycles. The molecule has 2 aromatic rings. The molecule has 0 aliphatic heterocycles. The number of hydrazine groups is 1. The molecule has 6 heteroatoms. The number of methoxy groups -OCH3 is 1. The van der Waals surface area contributed by atoms with Crippen LogP contribution in [-0.4, -0.2) is 26.3 Å². The summed E-state index contributed by atoms with van der Waals surface area (Å²) in [7, 11) is 1.59. The number of para-hydroxylation sites is 2. The van der Waals surface area contributed by atoms with Crippen LogP contribution in [0.15, 0.2) is 48.5 Å². The van der Waals surface area contributed by atoms with Gasteiger partial charge in [-0.3, -0.25) is 4.79 Å². The van der Waals surface area contributed by atoms with Crippen LogP contribution in [0.2, 0.25) is 0 Å². The average Bonchev–Trinajstić information content (AvgIpc) is 2.63. The van der Waals surface area contributed by atoms with E-state index < -0.39 is 0 Å². The first-order valence-corrected chi connectivity index (χ1v) is 8.22. The van der Waals surface area contributed by atoms with Crippen LogP contribution in [0.25, 0.3) is 0 Å². The van der Waals surface area contributed by atoms with Gasteiger partial charge in [-0.1, -0.05) is 30.3 Å². The van der Waals surface area contributed by atoms with Gasteiger partial charge in [0.05, 0.1) is 26.7 Å². The van der Waals surface area contributed by atoms with Crippen LogP contribution >= 0.6 is 0 Å². The maximum atomic E-state index is 11.4. The standard InChI is InChI=1S/C19H24N2O4/c1-3-24-18(22)12-13-25-19-15(8-7-11-17(19)23-2)14-20-21-16-9-5-4-6-10-16/h4-11,20-21H,3,12-14H2,1-2H3. The summed E-state index contributed by atoms with van der Waals surface area (Å²) in [5, 5.41) is 0. The predicted molar refractivity (Wildman–Crippen MR) is 96.6 cm³/mol. The Labute approximate surface area is 148 Å². The number of esters is 1. The molecule has 2 rings (SSSR count). The lowest BCUT2D eigenvalue weighted by molar-refractivity contribution is -0.143. The van der Waals surface area contributed by atoms with Crippen molar-refractivity contribution in [2.75, 3.05) is 25.7 Å². The van der Waals surface area contributed by atoms with Crippen molar-refractivity contribution in [3.63, 3.8) is 0 Å². The molecule has 0 aliphatic carbocycles. The second-order valence-corrected chi connectivity index (χ2v) is 5.20. The minimum absolute atomic E-state index is 0.195. The summed E-state index contributed by atoms with van der Waals surface area (Å²) in [5.41, 5.74) is 8.17. The molecule has 0 unspecified atom stereocenters. The van der Waals surface area contributed by atoms with Crippen LogP contribution in [0.4, 0.5) is 5.69 Å². The Hall–Kier alpha value is -2.73. The van der Waals surface area contributed by atoms with Gasteiger partial charge in [0.15, 0.2) is 11.5 Å². The Morgan fingerprint density at radius 1 is 1.08 bits per heavy atom. The molecule has 0 heterocycles. The highest BCUT2D eigenvalue weighted by molar-refractivity contribution is 5.69. The summed E-state index contributed by atoms with van der Waals surface area (Å²) in [5.74, 6) is 0.974. The van der Waals surface area contributed by atoms with Gasteiger partial charge in [-0.05, 0) is 25.1 Å². The summed E-state index contributed by atoms with van der Waals surface area (Å²) in [4.78, 5) is 11.4. The molecule has 0 spiro atoms. The number of benzene rings is 2. The Morgan fingerprint density at radius 2 is 1.88 bits per heavy atom. The van der Waals surface area contributed by atoms with E-state index in [0.29, 0.717) is 24.7 Å². The molecule has 0 saturated heterocycles. The van der Waals surface area contributed by atoms with Gasteiger partial charge in [-0.15, -0.1) is 0 Å². The van der Waals surface area contributed by atoms with E-state index in [1.165, 1.54) is 0 Å². The molecule has 134 valence electrons. The summed E-state index contributed by atoms with van der Waals surface area (Å²) in [6.07, 6.45) is 0.195. The maximum absolute atomic E-state index is 11.4. The summed E-state index contributed by atoms with van der Waals surface area (Å²) in [6.45, 7) is 2.91. The van der Waals surface area contributed by atoms with E-state index in [4.69, 9.17) is 14.2 Å². The van der Waals surface area contributed by atoms with E-state index in [1.807, 2.05) is 48.5 Å². The van der Waals surface area contributed by atoms with Crippen LogP contribution in [0.5, 0.6) is 11.5 Å². The molecular weight excluding hydrogens is 320 g/mol. The molecule has 25 heavy (non-hydrogen) atoms. The van der Waals surface area contributed by atoms with Crippen LogP contribution in [-0.2, 0) is 16.1 Å². The fourth-order valence-electron chi connectivity index (χ4n) is 2.26. The molecule has 2 aromatic carbocycles. The van der Waals surface area contributed by atoms with Crippen molar-refractivity contribution in [1.82, 2.24) is 5.43 Å². The molecule has 2 N–H and O–H groups in total. The number of rotatable bonds is 10. The molecule has 6 nitrogen and oxygen atoms in total. The largest absolute Gasteiger partial charge is 0.493 e. The van der Waals surface area contributed by atoms with Crippen molar-refractivity contribution in [3.8, 4) is 11.5 Å². The zero-order valence-corrected chi connectivity index (χ0v) is 14.6. The van der Waals surface area contributed by atoms with Gasteiger partial charge in [0.2, 0.25) is 0 Å². The number of carbonyl (C=O) groups is 1. The molecule has 0 bridgehead atoms. The van der Waals surface area contributed by atoms with E-state index in [1.54, 1.807) is 14.0 Å². The fourth-order valence-corrected chi connectivity index (χ4v) is 2.26. The molecule has 0 aliphatic rings. The number of carbonyl (C=O) groups excluding carboxylic acids is 1. The molecular formula is C19H24N2O4. The van der Waals surface area contributed by atoms with E-state index in [9.17, 15) is 4.79 Å². The number of nitrogens with one attached hydrogen (secondary N) is 2. The van der Waals surface area contributed by atoms with Crippen LogP contribution < -0.4 is 20.3 Å². The van der Waals surface area contributed by atoms with Gasteiger partial charge in [-0.2, -0.15) is 0 Å². The summed E-state index contributed by atoms with van der Waals surface area (Å²) >= 11 is 0. The zero-order chi connectivity index (χ0) is 17.9. The van der Waals surface area contributed by atoms with Crippen LogP contribution in [0.3, 0.4) is 0 Å². The van der Waals surface area contributed by atoms with Crippen molar-refractivity contribution in [2.45, 2.75) is 19.9 Å². The highest BCUT2D eigenvalue weighted by atomic mass is 16.5. The van der Waals surface area contributed by atoms with Crippen molar-refractivity contribution >= 4 is 11.7 Å². The minimum Gasteiger partial charge on any atom is -0.493 e. The molecule has 0 radical (unpaired) electrons. The number of ether oxygens (including phenoxy) is 3. The average molecular weight is 344 g/mol. The molecule has 0 amide bonds. The normalized spacial score (nSPS) is 10.2. The number of hydrogen-bond donors (Lipinski definition) is 2. The smallest absolute Gasteiger partial charge is 0.309 e. The Balaban J connectivity index is 1.95. The molecule has 0 fully saturated rings. The maximum Gasteiger partial charge on any atom is 0.309 e. The first kappa shape index (κ1) is 18.6. The number of hydrogen-bond acceptors (Lipinski definition) is 6. The molecule has 0 atom stereocenters. The second kappa shape index (κ2) is 10.2. The van der Waals surface area contributed by atoms with Gasteiger partial charge in [-0.25, -0.2) is 5.43 Å². The number of anilines is 1. The third-order valence-electron chi connectivity index (χ3n) is 3.42. The highest BCUT2D eigenvalue weighted by Gasteiger charge is 2.11. The van der Waals surface area contributed by atoms with Crippen LogP contribution in [0, 0.1) is 0 Å². The van der Waals surface area contributed by atoms with E-state index >= 15 is 0 Å². The minimum atomic E-state index is -0.275. The Bertz CT molecular complexity index is 662. The van der Waals surface area contributed by atoms with E-state index in [2.05, 4.69) is 10.9 Å². The lowest BCUT2D eigenvalue weighted by Crippen LogP contribution is -2.21. The van der Waals surface area contributed by atoms with Crippen LogP contribution in [0.1, 0.15) is 18.9 Å². The third-order valence-corrected chi connectivity index (χ3v) is 3.42. The predicted octanol–water partition coefficient (Wildman–Crippen LogP) is 3.14. The van der Waals surface area contributed by atoms with Gasteiger partial charge >= 0.3 is 5.97 Å². The SMILES string of the molecule is CCOC(=O)CCOc1c(CNNc2ccccc2)cccc1OC. The Kier molecular flexibility index (Phi) is 7.59. The monoisotopic (exact) mass is 344 g/mol. The second-order valence-electron chi connectivity index (χ2n) is 5.20. The third kappa shape index (κ3) is 6.00.